The number of hydrogen-bond donors (Lipinski definition) is 3. The fourth-order valence-corrected chi connectivity index (χ4v) is 0.942. The number of carbonyl (C=O) groups is 1. The molecular weight excluding hydrogens is 168 g/mol. The lowest BCUT2D eigenvalue weighted by Crippen LogP contribution is -2.50. The lowest BCUT2D eigenvalue weighted by atomic mass is 10.0. The van der Waals surface area contributed by atoms with E-state index in [0.717, 1.165) is 0 Å². The minimum Gasteiger partial charge on any atom is -0.370 e. The monoisotopic (exact) mass is 186 g/mol. The molecule has 5 nitrogen and oxygen atoms in total. The van der Waals surface area contributed by atoms with Crippen LogP contribution in [0.5, 0.6) is 0 Å². The Balaban J connectivity index is 4.27. The molecule has 76 valence electrons. The lowest BCUT2D eigenvalue weighted by Gasteiger charge is -2.19. The zero-order chi connectivity index (χ0) is 10.4. The number of hydrogen-bond acceptors (Lipinski definition) is 2. The van der Waals surface area contributed by atoms with Crippen LogP contribution in [0.2, 0.25) is 0 Å². The average molecular weight is 186 g/mol. The van der Waals surface area contributed by atoms with E-state index in [2.05, 4.69) is 10.3 Å². The third kappa shape index (κ3) is 4.35. The summed E-state index contributed by atoms with van der Waals surface area (Å²) in [5, 5.41) is 2.77. The molecule has 0 fully saturated rings. The lowest BCUT2D eigenvalue weighted by molar-refractivity contribution is -0.120. The largest absolute Gasteiger partial charge is 0.370 e. The van der Waals surface area contributed by atoms with Crippen molar-refractivity contribution in [3.63, 3.8) is 0 Å². The summed E-state index contributed by atoms with van der Waals surface area (Å²) in [5.41, 5.74) is 10.7. The van der Waals surface area contributed by atoms with Crippen molar-refractivity contribution in [2.45, 2.75) is 26.8 Å². The molecule has 0 aliphatic carbocycles. The second-order valence-electron chi connectivity index (χ2n) is 3.13. The molecular formula is C8H18N4O. The molecule has 0 saturated carbocycles. The number of primary amides is 1. The van der Waals surface area contributed by atoms with E-state index in [0.29, 0.717) is 6.54 Å². The van der Waals surface area contributed by atoms with Crippen molar-refractivity contribution in [3.05, 3.63) is 0 Å². The average Bonchev–Trinajstić information content (AvgIpc) is 1.99. The van der Waals surface area contributed by atoms with Gasteiger partial charge in [0.05, 0.1) is 0 Å². The first kappa shape index (κ1) is 11.7. The van der Waals surface area contributed by atoms with Crippen molar-refractivity contribution in [2.75, 3.05) is 6.54 Å². The van der Waals surface area contributed by atoms with Crippen molar-refractivity contribution in [3.8, 4) is 0 Å². The fraction of sp³-hybridized carbons (Fsp3) is 0.750. The van der Waals surface area contributed by atoms with E-state index < -0.39 is 11.9 Å². The quantitative estimate of drug-likeness (QED) is 0.405. The number of aliphatic imine (C=N–C) groups is 1. The van der Waals surface area contributed by atoms with Crippen molar-refractivity contribution in [1.29, 1.82) is 0 Å². The number of guanidine groups is 1. The van der Waals surface area contributed by atoms with Gasteiger partial charge in [-0.3, -0.25) is 9.79 Å². The minimum absolute atomic E-state index is 0.100. The van der Waals surface area contributed by atoms with Gasteiger partial charge in [0.1, 0.15) is 6.04 Å². The highest BCUT2D eigenvalue weighted by atomic mass is 16.1. The van der Waals surface area contributed by atoms with E-state index >= 15 is 0 Å². The molecule has 0 bridgehead atoms. The number of amides is 1. The maximum absolute atomic E-state index is 10.9. The van der Waals surface area contributed by atoms with Crippen LogP contribution in [-0.2, 0) is 4.79 Å². The molecule has 1 unspecified atom stereocenters. The number of nitrogens with two attached hydrogens (primary N) is 2. The highest BCUT2D eigenvalue weighted by Gasteiger charge is 2.19. The Hall–Kier alpha value is -1.26. The van der Waals surface area contributed by atoms with Crippen molar-refractivity contribution in [2.24, 2.45) is 22.4 Å². The molecule has 1 atom stereocenters. The first-order valence-corrected chi connectivity index (χ1v) is 4.34. The summed E-state index contributed by atoms with van der Waals surface area (Å²) < 4.78 is 0. The van der Waals surface area contributed by atoms with Gasteiger partial charge in [0.25, 0.3) is 0 Å². The molecule has 0 aromatic rings. The van der Waals surface area contributed by atoms with Gasteiger partial charge in [-0.15, -0.1) is 0 Å². The molecule has 0 saturated heterocycles. The number of carbonyl (C=O) groups excluding carboxylic acids is 1. The van der Waals surface area contributed by atoms with Crippen LogP contribution in [0.4, 0.5) is 0 Å². The molecule has 5 heteroatoms. The van der Waals surface area contributed by atoms with E-state index in [9.17, 15) is 4.79 Å². The fourth-order valence-electron chi connectivity index (χ4n) is 0.942. The Labute approximate surface area is 78.6 Å². The zero-order valence-electron chi connectivity index (χ0n) is 8.37. The van der Waals surface area contributed by atoms with Gasteiger partial charge in [0.2, 0.25) is 5.91 Å². The van der Waals surface area contributed by atoms with Crippen LogP contribution >= 0.6 is 0 Å². The molecule has 5 N–H and O–H groups in total. The minimum atomic E-state index is -0.449. The molecule has 0 heterocycles. The summed E-state index contributed by atoms with van der Waals surface area (Å²) in [4.78, 5) is 14.8. The first-order chi connectivity index (χ1) is 5.99. The van der Waals surface area contributed by atoms with Crippen molar-refractivity contribution >= 4 is 11.9 Å². The molecule has 0 aliphatic heterocycles. The van der Waals surface area contributed by atoms with Crippen LogP contribution in [0.15, 0.2) is 4.99 Å². The summed E-state index contributed by atoms with van der Waals surface area (Å²) in [5.74, 6) is -0.0487. The summed E-state index contributed by atoms with van der Waals surface area (Å²) in [6.07, 6.45) is 0. The van der Waals surface area contributed by atoms with Crippen LogP contribution < -0.4 is 16.8 Å². The van der Waals surface area contributed by atoms with Gasteiger partial charge in [-0.2, -0.15) is 0 Å². The van der Waals surface area contributed by atoms with Crippen molar-refractivity contribution in [1.82, 2.24) is 5.32 Å². The second kappa shape index (κ2) is 5.40. The molecule has 0 aromatic carbocycles. The van der Waals surface area contributed by atoms with E-state index in [1.54, 1.807) is 0 Å². The Kier molecular flexibility index (Phi) is 4.87. The Morgan fingerprint density at radius 3 is 2.31 bits per heavy atom. The Morgan fingerprint density at radius 1 is 1.46 bits per heavy atom. The second-order valence-corrected chi connectivity index (χ2v) is 3.13. The normalized spacial score (nSPS) is 14.3. The summed E-state index contributed by atoms with van der Waals surface area (Å²) in [7, 11) is 0. The van der Waals surface area contributed by atoms with Crippen LogP contribution in [0.1, 0.15) is 20.8 Å². The van der Waals surface area contributed by atoms with Gasteiger partial charge >= 0.3 is 0 Å². The molecule has 1 amide bonds. The molecule has 13 heavy (non-hydrogen) atoms. The van der Waals surface area contributed by atoms with Crippen LogP contribution in [-0.4, -0.2) is 24.5 Å². The number of nitrogens with zero attached hydrogens (tertiary/aromatic N) is 1. The predicted molar refractivity (Wildman–Crippen MR) is 53.1 cm³/mol. The van der Waals surface area contributed by atoms with Crippen LogP contribution in [0.25, 0.3) is 0 Å². The van der Waals surface area contributed by atoms with E-state index in [1.807, 2.05) is 20.8 Å². The van der Waals surface area contributed by atoms with Crippen molar-refractivity contribution < 1.29 is 4.79 Å². The predicted octanol–water partition coefficient (Wildman–Crippen LogP) is -0.579. The Bertz CT molecular complexity index is 200. The van der Waals surface area contributed by atoms with Crippen LogP contribution in [0, 0.1) is 5.92 Å². The number of nitrogens with one attached hydrogen (secondary N) is 1. The van der Waals surface area contributed by atoms with Gasteiger partial charge in [-0.05, 0) is 12.8 Å². The topological polar surface area (TPSA) is 93.5 Å². The molecule has 0 aromatic heterocycles. The van der Waals surface area contributed by atoms with E-state index in [4.69, 9.17) is 11.5 Å². The summed E-state index contributed by atoms with van der Waals surface area (Å²) in [6, 6.07) is -0.449. The van der Waals surface area contributed by atoms with E-state index in [-0.39, 0.29) is 11.9 Å². The maximum atomic E-state index is 10.9. The van der Waals surface area contributed by atoms with Gasteiger partial charge in [0, 0.05) is 6.54 Å². The third-order valence-electron chi connectivity index (χ3n) is 1.61. The Morgan fingerprint density at radius 2 is 2.00 bits per heavy atom. The summed E-state index contributed by atoms with van der Waals surface area (Å²) >= 11 is 0. The van der Waals surface area contributed by atoms with Crippen LogP contribution in [0.3, 0.4) is 0 Å². The van der Waals surface area contributed by atoms with E-state index in [1.165, 1.54) is 0 Å². The highest BCUT2D eigenvalue weighted by molar-refractivity contribution is 5.87. The first-order valence-electron chi connectivity index (χ1n) is 4.34. The third-order valence-corrected chi connectivity index (χ3v) is 1.61. The van der Waals surface area contributed by atoms with Gasteiger partial charge in [0.15, 0.2) is 5.96 Å². The number of rotatable bonds is 4. The van der Waals surface area contributed by atoms with Gasteiger partial charge in [-0.1, -0.05) is 13.8 Å². The van der Waals surface area contributed by atoms with Gasteiger partial charge < -0.3 is 16.8 Å². The standard InChI is InChI=1S/C8H18N4O/c1-4-11-8(10)12-6(5(2)3)7(9)13/h5-6H,4H2,1-3H3,(H2,9,13)(H3,10,11,12). The molecule has 0 spiro atoms. The zero-order valence-corrected chi connectivity index (χ0v) is 8.37. The molecule has 0 radical (unpaired) electrons. The van der Waals surface area contributed by atoms with Gasteiger partial charge in [-0.25, -0.2) is 0 Å². The molecule has 0 aliphatic rings. The smallest absolute Gasteiger partial charge is 0.240 e. The summed E-state index contributed by atoms with van der Waals surface area (Å²) in [6.45, 7) is 6.23. The SMILES string of the molecule is CCN=C(N)NC(C(N)=O)C(C)C. The highest BCUT2D eigenvalue weighted by Crippen LogP contribution is 1.99. The molecule has 0 rings (SSSR count). The maximum Gasteiger partial charge on any atom is 0.240 e.